The lowest BCUT2D eigenvalue weighted by Gasteiger charge is -2.33. The normalized spacial score (nSPS) is 19.0. The van der Waals surface area contributed by atoms with Gasteiger partial charge in [0.05, 0.1) is 17.6 Å². The third-order valence-electron chi connectivity index (χ3n) is 4.32. The number of aromatic nitrogens is 2. The quantitative estimate of drug-likeness (QED) is 0.583. The van der Waals surface area contributed by atoms with E-state index in [0.29, 0.717) is 23.4 Å². The molecule has 130 valence electrons. The van der Waals surface area contributed by atoms with Crippen molar-refractivity contribution in [2.75, 3.05) is 0 Å². The Bertz CT molecular complexity index is 864. The number of halogens is 2. The molecular weight excluding hydrogens is 375 g/mol. The summed E-state index contributed by atoms with van der Waals surface area (Å²) in [4.78, 5) is -0.880. The van der Waals surface area contributed by atoms with Crippen LogP contribution in [-0.2, 0) is 23.1 Å². The number of hydrogen-bond acceptors (Lipinski definition) is 4. The molecule has 0 spiro atoms. The molecule has 1 unspecified atom stereocenters. The summed E-state index contributed by atoms with van der Waals surface area (Å²) in [6.07, 6.45) is 2.57. The first-order chi connectivity index (χ1) is 11.1. The fourth-order valence-electron chi connectivity index (χ4n) is 2.79. The Kier molecular flexibility index (Phi) is 4.42. The van der Waals surface area contributed by atoms with Crippen molar-refractivity contribution in [2.45, 2.75) is 41.3 Å². The van der Waals surface area contributed by atoms with E-state index in [1.165, 1.54) is 12.3 Å². The van der Waals surface area contributed by atoms with Crippen molar-refractivity contribution in [1.29, 1.82) is 0 Å². The van der Waals surface area contributed by atoms with Crippen LogP contribution >= 0.6 is 23.2 Å². The summed E-state index contributed by atoms with van der Waals surface area (Å²) in [5.74, 6) is 0. The van der Waals surface area contributed by atoms with E-state index < -0.39 is 20.6 Å². The molecule has 0 amide bonds. The van der Waals surface area contributed by atoms with Crippen LogP contribution < -0.4 is 0 Å². The Balaban J connectivity index is 1.97. The van der Waals surface area contributed by atoms with Gasteiger partial charge >= 0.3 is 10.1 Å². The number of rotatable bonds is 6. The zero-order valence-corrected chi connectivity index (χ0v) is 14.9. The van der Waals surface area contributed by atoms with Crippen molar-refractivity contribution >= 4 is 33.3 Å². The van der Waals surface area contributed by atoms with E-state index in [0.717, 1.165) is 4.68 Å². The Morgan fingerprint density at radius 2 is 1.96 bits per heavy atom. The topological polar surface area (TPSA) is 92.4 Å². The highest BCUT2D eigenvalue weighted by Crippen LogP contribution is 2.53. The number of nitrogens with zero attached hydrogens (tertiary/aromatic N) is 2. The van der Waals surface area contributed by atoms with Crippen molar-refractivity contribution in [3.8, 4) is 0 Å². The van der Waals surface area contributed by atoms with Crippen LogP contribution in [0.4, 0.5) is 0 Å². The molecule has 1 atom stereocenters. The molecule has 2 aromatic rings. The van der Waals surface area contributed by atoms with Crippen molar-refractivity contribution in [3.63, 3.8) is 0 Å². The SMILES string of the molecule is O=S(=O)(O)c1ccnn1CC(O)(Cc1ccccc1Cl)C1(Cl)CC1. The maximum absolute atomic E-state index is 11.4. The van der Waals surface area contributed by atoms with Crippen LogP contribution in [-0.4, -0.2) is 38.3 Å². The fourth-order valence-corrected chi connectivity index (χ4v) is 3.83. The minimum absolute atomic E-state index is 0.140. The molecule has 6 nitrogen and oxygen atoms in total. The van der Waals surface area contributed by atoms with Gasteiger partial charge in [-0.05, 0) is 30.5 Å². The number of benzene rings is 1. The summed E-state index contributed by atoms with van der Waals surface area (Å²) < 4.78 is 33.2. The van der Waals surface area contributed by atoms with Gasteiger partial charge in [-0.15, -0.1) is 11.6 Å². The second-order valence-electron chi connectivity index (χ2n) is 6.07. The zero-order chi connectivity index (χ0) is 17.6. The largest absolute Gasteiger partial charge is 0.386 e. The molecule has 1 aliphatic carbocycles. The van der Waals surface area contributed by atoms with Crippen LogP contribution in [0.2, 0.25) is 5.02 Å². The van der Waals surface area contributed by atoms with E-state index >= 15 is 0 Å². The maximum Gasteiger partial charge on any atom is 0.311 e. The van der Waals surface area contributed by atoms with Crippen molar-refractivity contribution < 1.29 is 18.1 Å². The minimum atomic E-state index is -4.45. The van der Waals surface area contributed by atoms with Crippen LogP contribution in [0.5, 0.6) is 0 Å². The molecule has 0 saturated heterocycles. The van der Waals surface area contributed by atoms with Gasteiger partial charge in [0.25, 0.3) is 0 Å². The summed E-state index contributed by atoms with van der Waals surface area (Å²) in [6, 6.07) is 8.24. The van der Waals surface area contributed by atoms with E-state index in [-0.39, 0.29) is 18.0 Å². The molecular formula is C15H16Cl2N2O4S. The molecule has 1 aromatic carbocycles. The maximum atomic E-state index is 11.4. The van der Waals surface area contributed by atoms with E-state index in [1.807, 2.05) is 0 Å². The molecule has 2 N–H and O–H groups in total. The smallest absolute Gasteiger partial charge is 0.311 e. The van der Waals surface area contributed by atoms with Gasteiger partial charge in [-0.2, -0.15) is 13.5 Å². The van der Waals surface area contributed by atoms with Crippen LogP contribution in [0.25, 0.3) is 0 Å². The van der Waals surface area contributed by atoms with Crippen LogP contribution in [0.3, 0.4) is 0 Å². The molecule has 0 bridgehead atoms. The van der Waals surface area contributed by atoms with Crippen molar-refractivity contribution in [2.24, 2.45) is 0 Å². The molecule has 9 heteroatoms. The standard InChI is InChI=1S/C15H16Cl2N2O4S/c16-12-4-2-1-3-11(12)9-15(20,14(17)6-7-14)10-19-13(5-8-18-19)24(21,22)23/h1-5,8,20H,6-7,9-10H2,(H,21,22,23). The van der Waals surface area contributed by atoms with Gasteiger partial charge in [0.1, 0.15) is 5.60 Å². The van der Waals surface area contributed by atoms with E-state index in [9.17, 15) is 18.1 Å². The monoisotopic (exact) mass is 390 g/mol. The summed E-state index contributed by atoms with van der Waals surface area (Å²) in [5, 5.41) is 15.2. The zero-order valence-electron chi connectivity index (χ0n) is 12.6. The Labute approximate surface area is 149 Å². The molecule has 24 heavy (non-hydrogen) atoms. The van der Waals surface area contributed by atoms with Gasteiger partial charge in [-0.1, -0.05) is 29.8 Å². The number of hydrogen-bond donors (Lipinski definition) is 2. The number of aliphatic hydroxyl groups is 1. The average Bonchev–Trinajstić information content (AvgIpc) is 3.07. The van der Waals surface area contributed by atoms with Gasteiger partial charge in [-0.25, -0.2) is 4.68 Å². The Hall–Kier alpha value is -1.12. The summed E-state index contributed by atoms with van der Waals surface area (Å²) in [5.41, 5.74) is -0.764. The first-order valence-corrected chi connectivity index (χ1v) is 9.48. The summed E-state index contributed by atoms with van der Waals surface area (Å²) in [7, 11) is -4.45. The molecule has 1 heterocycles. The molecule has 1 saturated carbocycles. The average molecular weight is 391 g/mol. The van der Waals surface area contributed by atoms with Gasteiger partial charge in [0.2, 0.25) is 0 Å². The fraction of sp³-hybridized carbons (Fsp3) is 0.400. The van der Waals surface area contributed by atoms with Crippen molar-refractivity contribution in [1.82, 2.24) is 9.78 Å². The molecule has 3 rings (SSSR count). The Morgan fingerprint density at radius 1 is 1.29 bits per heavy atom. The van der Waals surface area contributed by atoms with Crippen LogP contribution in [0.1, 0.15) is 18.4 Å². The molecule has 0 radical (unpaired) electrons. The lowest BCUT2D eigenvalue weighted by atomic mass is 9.89. The molecule has 0 aliphatic heterocycles. The van der Waals surface area contributed by atoms with Crippen LogP contribution in [0.15, 0.2) is 41.6 Å². The molecule has 1 aliphatic rings. The minimum Gasteiger partial charge on any atom is -0.386 e. The van der Waals surface area contributed by atoms with Gasteiger partial charge in [0, 0.05) is 11.4 Å². The van der Waals surface area contributed by atoms with Crippen molar-refractivity contribution in [3.05, 3.63) is 47.1 Å². The summed E-state index contributed by atoms with van der Waals surface area (Å²) >= 11 is 12.7. The lowest BCUT2D eigenvalue weighted by Crippen LogP contribution is -2.47. The van der Waals surface area contributed by atoms with E-state index in [4.69, 9.17) is 23.2 Å². The second-order valence-corrected chi connectivity index (χ2v) is 8.57. The van der Waals surface area contributed by atoms with E-state index in [2.05, 4.69) is 5.10 Å². The predicted molar refractivity (Wildman–Crippen MR) is 90.0 cm³/mol. The highest BCUT2D eigenvalue weighted by atomic mass is 35.5. The predicted octanol–water partition coefficient (Wildman–Crippen LogP) is 2.53. The number of alkyl halides is 1. The van der Waals surface area contributed by atoms with Crippen LogP contribution in [0, 0.1) is 0 Å². The first-order valence-electron chi connectivity index (χ1n) is 7.29. The summed E-state index contributed by atoms with van der Waals surface area (Å²) in [6.45, 7) is -0.177. The lowest BCUT2D eigenvalue weighted by molar-refractivity contribution is 0.00530. The Morgan fingerprint density at radius 3 is 2.54 bits per heavy atom. The van der Waals surface area contributed by atoms with Gasteiger partial charge < -0.3 is 5.11 Å². The van der Waals surface area contributed by atoms with E-state index in [1.54, 1.807) is 24.3 Å². The highest BCUT2D eigenvalue weighted by molar-refractivity contribution is 7.85. The van der Waals surface area contributed by atoms with Gasteiger partial charge in [0.15, 0.2) is 5.03 Å². The highest BCUT2D eigenvalue weighted by Gasteiger charge is 2.58. The molecule has 1 aromatic heterocycles. The second kappa shape index (κ2) is 6.00. The molecule has 1 fully saturated rings. The third-order valence-corrected chi connectivity index (χ3v) is 6.29. The van der Waals surface area contributed by atoms with Gasteiger partial charge in [-0.3, -0.25) is 4.55 Å². The third kappa shape index (κ3) is 3.32. The first kappa shape index (κ1) is 17.7.